The van der Waals surface area contributed by atoms with Gasteiger partial charge in [-0.15, -0.1) is 0 Å². The van der Waals surface area contributed by atoms with E-state index in [2.05, 4.69) is 5.32 Å². The second kappa shape index (κ2) is 9.15. The van der Waals surface area contributed by atoms with Crippen LogP contribution in [0.5, 0.6) is 5.75 Å². The number of amides is 1. The third-order valence-corrected chi connectivity index (χ3v) is 7.16. The second-order valence-corrected chi connectivity index (χ2v) is 9.38. The van der Waals surface area contributed by atoms with E-state index in [4.69, 9.17) is 16.3 Å². The Morgan fingerprint density at radius 1 is 1.28 bits per heavy atom. The van der Waals surface area contributed by atoms with E-state index in [1.165, 1.54) is 16.4 Å². The highest BCUT2D eigenvalue weighted by Crippen LogP contribution is 2.30. The number of rotatable bonds is 6. The van der Waals surface area contributed by atoms with E-state index in [0.717, 1.165) is 11.3 Å². The van der Waals surface area contributed by atoms with Gasteiger partial charge in [0.1, 0.15) is 5.75 Å². The fourth-order valence-electron chi connectivity index (χ4n) is 3.39. The summed E-state index contributed by atoms with van der Waals surface area (Å²) in [6.07, 6.45) is 1.27. The lowest BCUT2D eigenvalue weighted by molar-refractivity contribution is -0.120. The average Bonchev–Trinajstić information content (AvgIpc) is 2.71. The number of carbonyl (C=O) groups is 1. The number of halogens is 1. The number of piperidine rings is 1. The quantitative estimate of drug-likeness (QED) is 0.740. The topological polar surface area (TPSA) is 75.7 Å². The maximum Gasteiger partial charge on any atom is 0.243 e. The fraction of sp³-hybridized carbons (Fsp3) is 0.381. The van der Waals surface area contributed by atoms with E-state index in [1.807, 2.05) is 38.1 Å². The van der Waals surface area contributed by atoms with Gasteiger partial charge in [-0.25, -0.2) is 8.42 Å². The molecular weight excluding hydrogens is 412 g/mol. The molecule has 0 saturated carbocycles. The zero-order chi connectivity index (χ0) is 21.0. The van der Waals surface area contributed by atoms with E-state index in [1.54, 1.807) is 6.07 Å². The van der Waals surface area contributed by atoms with Gasteiger partial charge < -0.3 is 10.1 Å². The smallest absolute Gasteiger partial charge is 0.243 e. The number of nitrogens with one attached hydrogen (secondary N) is 1. The molecule has 1 heterocycles. The van der Waals surface area contributed by atoms with Crippen molar-refractivity contribution >= 4 is 33.2 Å². The minimum Gasteiger partial charge on any atom is -0.492 e. The molecule has 0 unspecified atom stereocenters. The molecule has 2 aromatic carbocycles. The summed E-state index contributed by atoms with van der Waals surface area (Å²) in [5.74, 6) is -0.123. The van der Waals surface area contributed by atoms with Crippen molar-refractivity contribution in [2.75, 3.05) is 25.0 Å². The summed E-state index contributed by atoms with van der Waals surface area (Å²) in [6.45, 7) is 4.71. The Bertz CT molecular complexity index is 994. The van der Waals surface area contributed by atoms with Crippen LogP contribution in [0.1, 0.15) is 25.3 Å². The maximum absolute atomic E-state index is 13.1. The largest absolute Gasteiger partial charge is 0.492 e. The van der Waals surface area contributed by atoms with Crippen molar-refractivity contribution in [3.05, 3.63) is 53.1 Å². The van der Waals surface area contributed by atoms with Gasteiger partial charge in [-0.05, 0) is 56.5 Å². The molecule has 0 aromatic heterocycles. The zero-order valence-corrected chi connectivity index (χ0v) is 18.1. The van der Waals surface area contributed by atoms with Crippen molar-refractivity contribution in [3.63, 3.8) is 0 Å². The fourth-order valence-corrected chi connectivity index (χ4v) is 5.24. The lowest BCUT2D eigenvalue weighted by Gasteiger charge is -2.31. The van der Waals surface area contributed by atoms with Gasteiger partial charge in [0.05, 0.1) is 22.4 Å². The molecule has 1 aliphatic rings. The van der Waals surface area contributed by atoms with E-state index in [9.17, 15) is 13.2 Å². The second-order valence-electron chi connectivity index (χ2n) is 7.03. The summed E-state index contributed by atoms with van der Waals surface area (Å²) in [7, 11) is -3.75. The minimum atomic E-state index is -3.75. The highest BCUT2D eigenvalue weighted by Gasteiger charge is 2.33. The predicted molar refractivity (Wildman–Crippen MR) is 114 cm³/mol. The molecule has 156 valence electrons. The highest BCUT2D eigenvalue weighted by molar-refractivity contribution is 7.89. The van der Waals surface area contributed by atoms with Crippen LogP contribution in [0.3, 0.4) is 0 Å². The molecule has 8 heteroatoms. The first-order chi connectivity index (χ1) is 13.8. The van der Waals surface area contributed by atoms with Gasteiger partial charge >= 0.3 is 0 Å². The highest BCUT2D eigenvalue weighted by atomic mass is 35.5. The molecule has 0 radical (unpaired) electrons. The maximum atomic E-state index is 13.1. The van der Waals surface area contributed by atoms with Crippen LogP contribution < -0.4 is 10.1 Å². The summed E-state index contributed by atoms with van der Waals surface area (Å²) in [5.41, 5.74) is 1.71. The molecule has 0 aliphatic carbocycles. The van der Waals surface area contributed by atoms with Crippen LogP contribution in [-0.4, -0.2) is 38.3 Å². The van der Waals surface area contributed by atoms with Gasteiger partial charge in [-0.1, -0.05) is 29.8 Å². The number of carbonyl (C=O) groups excluding carboxylic acids is 1. The molecule has 2 aromatic rings. The molecule has 1 amide bonds. The van der Waals surface area contributed by atoms with Gasteiger partial charge in [0.2, 0.25) is 15.9 Å². The molecular formula is C21H25ClN2O4S. The van der Waals surface area contributed by atoms with Gasteiger partial charge in [-0.2, -0.15) is 4.31 Å². The number of hydrogen-bond acceptors (Lipinski definition) is 4. The Morgan fingerprint density at radius 2 is 2.03 bits per heavy atom. The Kier molecular flexibility index (Phi) is 6.82. The molecule has 29 heavy (non-hydrogen) atoms. The van der Waals surface area contributed by atoms with Crippen LogP contribution >= 0.6 is 11.6 Å². The molecule has 1 aliphatic heterocycles. The molecule has 3 rings (SSSR count). The molecule has 1 fully saturated rings. The summed E-state index contributed by atoms with van der Waals surface area (Å²) in [4.78, 5) is 12.8. The SMILES string of the molecule is CCOc1ccc(S(=O)(=O)N2CCC[C@H](C(=O)Nc3ccccc3C)C2)cc1Cl. The number of ether oxygens (including phenoxy) is 1. The molecule has 6 nitrogen and oxygen atoms in total. The first-order valence-electron chi connectivity index (χ1n) is 9.62. The van der Waals surface area contributed by atoms with Crippen LogP contribution in [0, 0.1) is 12.8 Å². The van der Waals surface area contributed by atoms with Crippen LogP contribution in [0.2, 0.25) is 5.02 Å². The Morgan fingerprint density at radius 3 is 2.72 bits per heavy atom. The number of nitrogens with zero attached hydrogens (tertiary/aromatic N) is 1. The zero-order valence-electron chi connectivity index (χ0n) is 16.5. The number of sulfonamides is 1. The molecule has 1 saturated heterocycles. The molecule has 1 N–H and O–H groups in total. The van der Waals surface area contributed by atoms with Gasteiger partial charge in [0.25, 0.3) is 0 Å². The predicted octanol–water partition coefficient (Wildman–Crippen LogP) is 4.09. The summed E-state index contributed by atoms with van der Waals surface area (Å²) in [6, 6.07) is 12.0. The van der Waals surface area contributed by atoms with E-state index in [0.29, 0.717) is 31.7 Å². The van der Waals surface area contributed by atoms with Gasteiger partial charge in [-0.3, -0.25) is 4.79 Å². The van der Waals surface area contributed by atoms with Crippen LogP contribution in [0.4, 0.5) is 5.69 Å². The average molecular weight is 437 g/mol. The summed E-state index contributed by atoms with van der Waals surface area (Å²) in [5, 5.41) is 3.17. The van der Waals surface area contributed by atoms with Crippen molar-refractivity contribution < 1.29 is 17.9 Å². The van der Waals surface area contributed by atoms with Crippen molar-refractivity contribution in [1.29, 1.82) is 0 Å². The van der Waals surface area contributed by atoms with E-state index >= 15 is 0 Å². The normalized spacial score (nSPS) is 17.7. The third kappa shape index (κ3) is 4.91. The monoisotopic (exact) mass is 436 g/mol. The molecule has 1 atom stereocenters. The molecule has 0 spiro atoms. The number of hydrogen-bond donors (Lipinski definition) is 1. The van der Waals surface area contributed by atoms with Crippen molar-refractivity contribution in [1.82, 2.24) is 4.31 Å². The standard InChI is InChI=1S/C21H25ClN2O4S/c1-3-28-20-11-10-17(13-18(20)22)29(26,27)24-12-6-8-16(14-24)21(25)23-19-9-5-4-7-15(19)2/h4-5,7,9-11,13,16H,3,6,8,12,14H2,1-2H3,(H,23,25)/t16-/m0/s1. The lowest BCUT2D eigenvalue weighted by atomic mass is 9.98. The Hall–Kier alpha value is -2.09. The number of aryl methyl sites for hydroxylation is 1. The first-order valence-corrected chi connectivity index (χ1v) is 11.4. The lowest BCUT2D eigenvalue weighted by Crippen LogP contribution is -2.43. The number of para-hydroxylation sites is 1. The Labute approximate surface area is 176 Å². The molecule has 0 bridgehead atoms. The van der Waals surface area contributed by atoms with Crippen LogP contribution in [0.25, 0.3) is 0 Å². The third-order valence-electron chi connectivity index (χ3n) is 5.00. The first kappa shape index (κ1) is 21.6. The summed E-state index contributed by atoms with van der Waals surface area (Å²) >= 11 is 6.17. The van der Waals surface area contributed by atoms with Crippen molar-refractivity contribution in [3.8, 4) is 5.75 Å². The number of anilines is 1. The van der Waals surface area contributed by atoms with E-state index in [-0.39, 0.29) is 22.4 Å². The Balaban J connectivity index is 1.75. The van der Waals surface area contributed by atoms with E-state index < -0.39 is 15.9 Å². The van der Waals surface area contributed by atoms with Crippen LogP contribution in [-0.2, 0) is 14.8 Å². The van der Waals surface area contributed by atoms with Gasteiger partial charge in [0.15, 0.2) is 0 Å². The van der Waals surface area contributed by atoms with Gasteiger partial charge in [0, 0.05) is 18.8 Å². The van der Waals surface area contributed by atoms with Crippen molar-refractivity contribution in [2.24, 2.45) is 5.92 Å². The summed E-state index contributed by atoms with van der Waals surface area (Å²) < 4.78 is 32.9. The minimum absolute atomic E-state index is 0.103. The van der Waals surface area contributed by atoms with Crippen molar-refractivity contribution in [2.45, 2.75) is 31.6 Å². The van der Waals surface area contributed by atoms with Crippen LogP contribution in [0.15, 0.2) is 47.4 Å². The number of benzene rings is 2.